The normalized spacial score (nSPS) is 6.00. The fourth-order valence-electron chi connectivity index (χ4n) is 1.15. The van der Waals surface area contributed by atoms with Crippen LogP contribution in [0.1, 0.15) is 89.5 Å². The van der Waals surface area contributed by atoms with Gasteiger partial charge in [-0.3, -0.25) is 0 Å². The second-order valence-electron chi connectivity index (χ2n) is 5.59. The Labute approximate surface area is 244 Å². The third kappa shape index (κ3) is 97.0. The molecule has 0 aromatic heterocycles. The maximum atomic E-state index is 2.12. The molecule has 0 saturated heterocycles. The summed E-state index contributed by atoms with van der Waals surface area (Å²) in [6.07, 6.45) is 3.75. The Bertz CT molecular complexity index is 335. The summed E-state index contributed by atoms with van der Waals surface area (Å²) >= 11 is 0. The van der Waals surface area contributed by atoms with Crippen LogP contribution in [0.25, 0.3) is 0 Å². The zero-order valence-corrected chi connectivity index (χ0v) is 25.9. The molecule has 0 aliphatic carbocycles. The topological polar surface area (TPSA) is 0 Å². The molecule has 34 heavy (non-hydrogen) atoms. The molecular formula is C33H62Y-2. The molecule has 0 heterocycles. The van der Waals surface area contributed by atoms with E-state index in [1.165, 1.54) is 19.3 Å². The molecule has 0 N–H and O–H groups in total. The van der Waals surface area contributed by atoms with Crippen molar-refractivity contribution >= 4 is 0 Å². The molecule has 0 aliphatic heterocycles. The summed E-state index contributed by atoms with van der Waals surface area (Å²) in [5, 5.41) is 0. The minimum atomic E-state index is 0. The second-order valence-corrected chi connectivity index (χ2v) is 5.59. The van der Waals surface area contributed by atoms with Gasteiger partial charge in [0.1, 0.15) is 0 Å². The molecule has 1 heteroatoms. The van der Waals surface area contributed by atoms with Gasteiger partial charge in [0.15, 0.2) is 0 Å². The Hall–Kier alpha value is -1.24. The molecule has 0 nitrogen and oxygen atoms in total. The van der Waals surface area contributed by atoms with Crippen LogP contribution in [0.15, 0.2) is 109 Å². The summed E-state index contributed by atoms with van der Waals surface area (Å²) in [4.78, 5) is 0. The Morgan fingerprint density at radius 3 is 0.353 bits per heavy atom. The molecule has 3 rings (SSSR count). The average molecular weight is 548 g/mol. The van der Waals surface area contributed by atoms with Crippen molar-refractivity contribution in [3.63, 3.8) is 0 Å². The summed E-state index contributed by atoms with van der Waals surface area (Å²) in [6.45, 7) is 16.8. The average Bonchev–Trinajstić information content (AvgIpc) is 2.81. The van der Waals surface area contributed by atoms with Crippen LogP contribution >= 0.6 is 0 Å². The minimum absolute atomic E-state index is 0. The fourth-order valence-corrected chi connectivity index (χ4v) is 1.15. The van der Waals surface area contributed by atoms with E-state index in [0.717, 1.165) is 0 Å². The van der Waals surface area contributed by atoms with Crippen molar-refractivity contribution in [2.75, 3.05) is 0 Å². The van der Waals surface area contributed by atoms with Crippen LogP contribution in [0.4, 0.5) is 0 Å². The number of hydrogen-bond acceptors (Lipinski definition) is 0. The molecule has 0 unspecified atom stereocenters. The molecule has 3 aromatic rings. The van der Waals surface area contributed by atoms with Crippen molar-refractivity contribution in [1.29, 1.82) is 0 Å². The zero-order valence-electron chi connectivity index (χ0n) is 23.1. The number of rotatable bonds is 0. The molecule has 0 fully saturated rings. The van der Waals surface area contributed by atoms with Crippen molar-refractivity contribution in [3.8, 4) is 0 Å². The largest absolute Gasteiger partial charge is 0.358 e. The smallest absolute Gasteiger partial charge is 0 e. The van der Waals surface area contributed by atoms with Gasteiger partial charge in [0.05, 0.1) is 0 Å². The first-order valence-corrected chi connectivity index (χ1v) is 11.2. The van der Waals surface area contributed by atoms with E-state index in [1.54, 1.807) is 0 Å². The van der Waals surface area contributed by atoms with Crippen molar-refractivity contribution in [2.24, 2.45) is 0 Å². The first kappa shape index (κ1) is 58.5. The predicted octanol–water partition coefficient (Wildman–Crippen LogP) is 12.5. The molecule has 0 bridgehead atoms. The van der Waals surface area contributed by atoms with E-state index in [0.29, 0.717) is 0 Å². The van der Waals surface area contributed by atoms with Crippen molar-refractivity contribution in [3.05, 3.63) is 124 Å². The standard InChI is InChI=1S/3C6H6.3C3H8.C2H6.2CH4.2CH3.Y/c3*1-2-4-6-5-3-1;3*1-3-2;1-2;;;;;/h3*1-6H;3*3H2,1-2H3;1-2H3;2*1H4;2*1H3;/q;;;;;;;;;2*-1;. The van der Waals surface area contributed by atoms with Crippen LogP contribution in [0.3, 0.4) is 0 Å². The Morgan fingerprint density at radius 1 is 0.294 bits per heavy atom. The van der Waals surface area contributed by atoms with Crippen LogP contribution in [0.2, 0.25) is 0 Å². The summed E-state index contributed by atoms with van der Waals surface area (Å²) in [7, 11) is 0. The van der Waals surface area contributed by atoms with E-state index >= 15 is 0 Å². The van der Waals surface area contributed by atoms with E-state index in [2.05, 4.69) is 41.5 Å². The van der Waals surface area contributed by atoms with Gasteiger partial charge >= 0.3 is 0 Å². The van der Waals surface area contributed by atoms with Gasteiger partial charge in [0.2, 0.25) is 0 Å². The second kappa shape index (κ2) is 77.0. The van der Waals surface area contributed by atoms with Crippen LogP contribution in [0, 0.1) is 14.9 Å². The van der Waals surface area contributed by atoms with Gasteiger partial charge in [0, 0.05) is 32.7 Å². The maximum absolute atomic E-state index is 2.12. The first-order valence-electron chi connectivity index (χ1n) is 11.2. The zero-order chi connectivity index (χ0) is 22.8. The minimum Gasteiger partial charge on any atom is -0.358 e. The van der Waals surface area contributed by atoms with Gasteiger partial charge in [-0.1, -0.05) is 199 Å². The Kier molecular flexibility index (Phi) is 133. The van der Waals surface area contributed by atoms with Gasteiger partial charge < -0.3 is 14.9 Å². The quantitative estimate of drug-likeness (QED) is 0.246. The molecule has 3 aromatic carbocycles. The summed E-state index contributed by atoms with van der Waals surface area (Å²) in [6, 6.07) is 36.0. The number of hydrogen-bond donors (Lipinski definition) is 0. The maximum Gasteiger partial charge on any atom is 0 e. The van der Waals surface area contributed by atoms with Gasteiger partial charge in [-0.25, -0.2) is 0 Å². The van der Waals surface area contributed by atoms with Crippen molar-refractivity contribution < 1.29 is 32.7 Å². The summed E-state index contributed by atoms with van der Waals surface area (Å²) in [5.74, 6) is 0. The van der Waals surface area contributed by atoms with E-state index in [-0.39, 0.29) is 62.4 Å². The molecule has 0 saturated carbocycles. The van der Waals surface area contributed by atoms with Crippen LogP contribution in [-0.4, -0.2) is 0 Å². The number of benzene rings is 3. The third-order valence-electron chi connectivity index (χ3n) is 2.00. The summed E-state index contributed by atoms with van der Waals surface area (Å²) < 4.78 is 0. The van der Waals surface area contributed by atoms with E-state index in [9.17, 15) is 0 Å². The van der Waals surface area contributed by atoms with Crippen LogP contribution in [-0.2, 0) is 32.7 Å². The van der Waals surface area contributed by atoms with Gasteiger partial charge in [0.25, 0.3) is 0 Å². The molecular weight excluding hydrogens is 485 g/mol. The Balaban J connectivity index is -0.0000000310. The van der Waals surface area contributed by atoms with E-state index in [4.69, 9.17) is 0 Å². The molecule has 0 aliphatic rings. The molecule has 199 valence electrons. The monoisotopic (exact) mass is 547 g/mol. The first-order chi connectivity index (χ1) is 14.2. The molecule has 0 spiro atoms. The van der Waals surface area contributed by atoms with Crippen LogP contribution in [0.5, 0.6) is 0 Å². The molecule has 0 amide bonds. The molecule has 1 radical (unpaired) electrons. The van der Waals surface area contributed by atoms with Crippen LogP contribution < -0.4 is 0 Å². The van der Waals surface area contributed by atoms with Crippen molar-refractivity contribution in [2.45, 2.75) is 89.5 Å². The van der Waals surface area contributed by atoms with E-state index < -0.39 is 0 Å². The summed E-state index contributed by atoms with van der Waals surface area (Å²) in [5.41, 5.74) is 0. The predicted molar refractivity (Wildman–Crippen MR) is 165 cm³/mol. The fraction of sp³-hybridized carbons (Fsp3) is 0.394. The van der Waals surface area contributed by atoms with E-state index in [1.807, 2.05) is 123 Å². The SMILES string of the molecule is C.C.CC.CCC.CCC.CCC.[CH3-].[CH3-].[Y].c1ccccc1.c1ccccc1.c1ccccc1. The Morgan fingerprint density at radius 2 is 0.324 bits per heavy atom. The van der Waals surface area contributed by atoms with Gasteiger partial charge in [-0.05, 0) is 0 Å². The van der Waals surface area contributed by atoms with Crippen molar-refractivity contribution in [1.82, 2.24) is 0 Å². The molecule has 0 atom stereocenters. The third-order valence-corrected chi connectivity index (χ3v) is 2.00. The van der Waals surface area contributed by atoms with Gasteiger partial charge in [-0.15, -0.1) is 0 Å². The van der Waals surface area contributed by atoms with Gasteiger partial charge in [-0.2, -0.15) is 0 Å².